The number of carbonyl (C=O) groups is 2. The van der Waals surface area contributed by atoms with Gasteiger partial charge < -0.3 is 9.47 Å². The summed E-state index contributed by atoms with van der Waals surface area (Å²) in [6.45, 7) is 1.88. The Hall–Kier alpha value is -3.84. The van der Waals surface area contributed by atoms with Crippen molar-refractivity contribution in [3.8, 4) is 11.5 Å². The van der Waals surface area contributed by atoms with Crippen molar-refractivity contribution in [3.05, 3.63) is 131 Å². The van der Waals surface area contributed by atoms with Crippen LogP contribution in [0, 0.1) is 11.6 Å². The molecule has 0 saturated heterocycles. The second kappa shape index (κ2) is 14.0. The van der Waals surface area contributed by atoms with E-state index in [1.165, 1.54) is 31.2 Å². The summed E-state index contributed by atoms with van der Waals surface area (Å²) in [5.74, 6) is -1.62. The molecule has 0 bridgehead atoms. The molecular formula is C30H25BrF2O4. The number of rotatable bonds is 9. The zero-order valence-electron chi connectivity index (χ0n) is 20.1. The van der Waals surface area contributed by atoms with Gasteiger partial charge in [0.15, 0.2) is 34.7 Å². The van der Waals surface area contributed by atoms with Crippen LogP contribution < -0.4 is 9.47 Å². The van der Waals surface area contributed by atoms with Gasteiger partial charge in [0, 0.05) is 0 Å². The Labute approximate surface area is 223 Å². The number of ketones is 2. The van der Waals surface area contributed by atoms with Crippen LogP contribution in [-0.4, -0.2) is 16.9 Å². The van der Waals surface area contributed by atoms with Crippen LogP contribution >= 0.6 is 15.9 Å². The molecule has 0 saturated carbocycles. The van der Waals surface area contributed by atoms with Crippen LogP contribution in [0.25, 0.3) is 0 Å². The quantitative estimate of drug-likeness (QED) is 0.155. The minimum Gasteiger partial charge on any atom is -0.486 e. The van der Waals surface area contributed by atoms with Crippen molar-refractivity contribution in [2.75, 3.05) is 5.33 Å². The van der Waals surface area contributed by atoms with Gasteiger partial charge in [-0.05, 0) is 42.3 Å². The molecule has 0 aliphatic rings. The Morgan fingerprint density at radius 2 is 1.08 bits per heavy atom. The van der Waals surface area contributed by atoms with E-state index in [1.54, 1.807) is 12.1 Å². The molecule has 4 nitrogen and oxygen atoms in total. The molecule has 0 radical (unpaired) electrons. The van der Waals surface area contributed by atoms with E-state index in [0.717, 1.165) is 11.1 Å². The fraction of sp³-hybridized carbons (Fsp3) is 0.133. The first kappa shape index (κ1) is 27.7. The van der Waals surface area contributed by atoms with Crippen molar-refractivity contribution in [1.29, 1.82) is 0 Å². The average molecular weight is 567 g/mol. The number of hydrogen-bond donors (Lipinski definition) is 0. The Kier molecular flexibility index (Phi) is 10.5. The summed E-state index contributed by atoms with van der Waals surface area (Å²) in [5.41, 5.74) is 1.99. The van der Waals surface area contributed by atoms with Crippen LogP contribution in [0.1, 0.15) is 38.8 Å². The maximum atomic E-state index is 14.0. The van der Waals surface area contributed by atoms with Gasteiger partial charge in [-0.25, -0.2) is 8.78 Å². The first-order chi connectivity index (χ1) is 17.9. The van der Waals surface area contributed by atoms with Crippen LogP contribution in [0.2, 0.25) is 0 Å². The molecule has 0 fully saturated rings. The van der Waals surface area contributed by atoms with Crippen molar-refractivity contribution in [2.45, 2.75) is 20.1 Å². The number of ether oxygens (including phenoxy) is 2. The minimum atomic E-state index is -0.608. The summed E-state index contributed by atoms with van der Waals surface area (Å²) in [7, 11) is 0. The predicted molar refractivity (Wildman–Crippen MR) is 142 cm³/mol. The highest BCUT2D eigenvalue weighted by Crippen LogP contribution is 2.23. The zero-order valence-corrected chi connectivity index (χ0v) is 21.7. The van der Waals surface area contributed by atoms with Crippen molar-refractivity contribution < 1.29 is 27.8 Å². The molecular weight excluding hydrogens is 542 g/mol. The predicted octanol–water partition coefficient (Wildman–Crippen LogP) is 7.59. The summed E-state index contributed by atoms with van der Waals surface area (Å²) in [5, 5.41) is 0.0893. The molecule has 190 valence electrons. The molecule has 7 heteroatoms. The normalized spacial score (nSPS) is 10.2. The van der Waals surface area contributed by atoms with E-state index in [0.29, 0.717) is 0 Å². The van der Waals surface area contributed by atoms with E-state index < -0.39 is 11.6 Å². The van der Waals surface area contributed by atoms with Gasteiger partial charge >= 0.3 is 0 Å². The zero-order chi connectivity index (χ0) is 26.6. The standard InChI is InChI=1S/C15H12BrFO2.C15H13FO2/c16-9-13(18)12-7-4-8-14(15(12)17)19-10-11-5-2-1-3-6-11;1-11(17)13-8-5-9-14(15(13)16)18-10-12-6-3-2-4-7-12/h1-8H,9-10H2;2-9H,10H2,1H3. The number of carbonyl (C=O) groups excluding carboxylic acids is 2. The van der Waals surface area contributed by atoms with Gasteiger partial charge in [0.2, 0.25) is 0 Å². The molecule has 37 heavy (non-hydrogen) atoms. The average Bonchev–Trinajstić information content (AvgIpc) is 2.93. The number of alkyl halides is 1. The molecule has 0 aliphatic carbocycles. The molecule has 4 aromatic rings. The molecule has 0 unspecified atom stereocenters. The van der Waals surface area contributed by atoms with Gasteiger partial charge in [-0.1, -0.05) is 88.7 Å². The molecule has 0 aliphatic heterocycles. The number of hydrogen-bond acceptors (Lipinski definition) is 4. The van der Waals surface area contributed by atoms with Gasteiger partial charge in [-0.15, -0.1) is 0 Å². The van der Waals surface area contributed by atoms with Crippen molar-refractivity contribution in [3.63, 3.8) is 0 Å². The van der Waals surface area contributed by atoms with E-state index >= 15 is 0 Å². The first-order valence-corrected chi connectivity index (χ1v) is 12.5. The van der Waals surface area contributed by atoms with Crippen molar-refractivity contribution >= 4 is 27.5 Å². The lowest BCUT2D eigenvalue weighted by Gasteiger charge is -2.09. The van der Waals surface area contributed by atoms with Crippen LogP contribution in [0.5, 0.6) is 11.5 Å². The minimum absolute atomic E-state index is 0.0439. The van der Waals surface area contributed by atoms with Crippen LogP contribution in [0.3, 0.4) is 0 Å². The SMILES string of the molecule is CC(=O)c1cccc(OCc2ccccc2)c1F.O=C(CBr)c1cccc(OCc2ccccc2)c1F. The lowest BCUT2D eigenvalue weighted by atomic mass is 10.1. The molecule has 4 rings (SSSR count). The van der Waals surface area contributed by atoms with Gasteiger partial charge in [-0.2, -0.15) is 0 Å². The second-order valence-corrected chi connectivity index (χ2v) is 8.46. The second-order valence-electron chi connectivity index (χ2n) is 7.90. The third-order valence-corrected chi connectivity index (χ3v) is 5.71. The molecule has 0 spiro atoms. The third kappa shape index (κ3) is 8.08. The largest absolute Gasteiger partial charge is 0.486 e. The summed E-state index contributed by atoms with van der Waals surface area (Å²) in [6.07, 6.45) is 0. The smallest absolute Gasteiger partial charge is 0.176 e. The lowest BCUT2D eigenvalue weighted by molar-refractivity contribution is 0.100. The first-order valence-electron chi connectivity index (χ1n) is 11.4. The van der Waals surface area contributed by atoms with E-state index in [-0.39, 0.29) is 52.7 Å². The Balaban J connectivity index is 0.000000206. The Morgan fingerprint density at radius 3 is 1.51 bits per heavy atom. The summed E-state index contributed by atoms with van der Waals surface area (Å²) in [4.78, 5) is 22.7. The molecule has 0 N–H and O–H groups in total. The maximum Gasteiger partial charge on any atom is 0.176 e. The van der Waals surface area contributed by atoms with Gasteiger partial charge in [-0.3, -0.25) is 9.59 Å². The van der Waals surface area contributed by atoms with Gasteiger partial charge in [0.1, 0.15) is 13.2 Å². The van der Waals surface area contributed by atoms with E-state index in [4.69, 9.17) is 9.47 Å². The van der Waals surface area contributed by atoms with Gasteiger partial charge in [0.25, 0.3) is 0 Å². The highest BCUT2D eigenvalue weighted by molar-refractivity contribution is 9.09. The Bertz CT molecular complexity index is 1330. The van der Waals surface area contributed by atoms with Crippen LogP contribution in [0.4, 0.5) is 8.78 Å². The molecule has 0 amide bonds. The molecule has 0 atom stereocenters. The summed E-state index contributed by atoms with van der Waals surface area (Å²) < 4.78 is 38.7. The van der Waals surface area contributed by atoms with Crippen molar-refractivity contribution in [2.24, 2.45) is 0 Å². The summed E-state index contributed by atoms with van der Waals surface area (Å²) >= 11 is 3.03. The highest BCUT2D eigenvalue weighted by atomic mass is 79.9. The highest BCUT2D eigenvalue weighted by Gasteiger charge is 2.15. The van der Waals surface area contributed by atoms with Crippen molar-refractivity contribution in [1.82, 2.24) is 0 Å². The van der Waals surface area contributed by atoms with E-state index in [1.807, 2.05) is 60.7 Å². The lowest BCUT2D eigenvalue weighted by Crippen LogP contribution is -2.06. The van der Waals surface area contributed by atoms with Crippen LogP contribution in [0.15, 0.2) is 97.1 Å². The number of Topliss-reactive ketones (excluding diaryl/α,β-unsaturated/α-hetero) is 2. The fourth-order valence-corrected chi connectivity index (χ4v) is 3.58. The number of halogens is 3. The topological polar surface area (TPSA) is 52.6 Å². The van der Waals surface area contributed by atoms with Crippen LogP contribution in [-0.2, 0) is 13.2 Å². The molecule has 0 heterocycles. The van der Waals surface area contributed by atoms with E-state index in [9.17, 15) is 18.4 Å². The monoisotopic (exact) mass is 566 g/mol. The van der Waals surface area contributed by atoms with Gasteiger partial charge in [0.05, 0.1) is 16.5 Å². The summed E-state index contributed by atoms with van der Waals surface area (Å²) in [6, 6.07) is 28.1. The number of benzene rings is 4. The fourth-order valence-electron chi connectivity index (χ4n) is 3.27. The molecule has 4 aromatic carbocycles. The Morgan fingerprint density at radius 1 is 0.649 bits per heavy atom. The third-order valence-electron chi connectivity index (χ3n) is 5.20. The maximum absolute atomic E-state index is 14.0. The molecule has 0 aromatic heterocycles. The van der Waals surface area contributed by atoms with E-state index in [2.05, 4.69) is 15.9 Å².